The molecule has 0 saturated carbocycles. The maximum absolute atomic E-state index is 13.2. The second-order valence-electron chi connectivity index (χ2n) is 9.51. The van der Waals surface area contributed by atoms with E-state index in [1.807, 2.05) is 50.2 Å². The number of nitrogens with zero attached hydrogens (tertiary/aromatic N) is 1. The van der Waals surface area contributed by atoms with Crippen LogP contribution in [-0.2, 0) is 16.1 Å². The first-order valence-electron chi connectivity index (χ1n) is 12.6. The van der Waals surface area contributed by atoms with Gasteiger partial charge in [-0.25, -0.2) is 0 Å². The summed E-state index contributed by atoms with van der Waals surface area (Å²) in [5.74, 6) is -1.21. The molecule has 1 unspecified atom stereocenters. The van der Waals surface area contributed by atoms with E-state index in [2.05, 4.69) is 27.5 Å². The molecule has 4 rings (SSSR count). The van der Waals surface area contributed by atoms with Crippen LogP contribution in [0.25, 0.3) is 0 Å². The fraction of sp³-hybridized carbons (Fsp3) is 0.200. The lowest BCUT2D eigenvalue weighted by Crippen LogP contribution is -2.46. The molecule has 3 amide bonds. The second kappa shape index (κ2) is 12.1. The van der Waals surface area contributed by atoms with Crippen molar-refractivity contribution in [3.8, 4) is 0 Å². The van der Waals surface area contributed by atoms with Crippen molar-refractivity contribution in [2.24, 2.45) is 5.92 Å². The smallest absolute Gasteiger partial charge is 0.273 e. The van der Waals surface area contributed by atoms with Gasteiger partial charge in [0.2, 0.25) is 5.91 Å². The Morgan fingerprint density at radius 2 is 1.82 bits per heavy atom. The molecule has 9 heteroatoms. The Bertz CT molecular complexity index is 1440. The van der Waals surface area contributed by atoms with E-state index in [0.717, 1.165) is 16.8 Å². The zero-order valence-electron chi connectivity index (χ0n) is 22.0. The normalized spacial score (nSPS) is 14.9. The number of aryl methyl sites for hydroxylation is 1. The third-order valence-corrected chi connectivity index (χ3v) is 6.44. The number of hydrogen-bond acceptors (Lipinski definition) is 5. The van der Waals surface area contributed by atoms with Crippen LogP contribution in [-0.4, -0.2) is 46.4 Å². The van der Waals surface area contributed by atoms with Crippen LogP contribution in [0.1, 0.15) is 28.5 Å². The number of hydrogen-bond donors (Lipinski definition) is 5. The summed E-state index contributed by atoms with van der Waals surface area (Å²) in [7, 11) is 0. The Hall–Kier alpha value is -4.92. The van der Waals surface area contributed by atoms with E-state index in [1.54, 1.807) is 35.4 Å². The van der Waals surface area contributed by atoms with Gasteiger partial charge in [0.1, 0.15) is 11.4 Å². The highest BCUT2D eigenvalue weighted by Crippen LogP contribution is 2.25. The quantitative estimate of drug-likeness (QED) is 0.212. The van der Waals surface area contributed by atoms with Crippen molar-refractivity contribution in [1.29, 1.82) is 5.41 Å². The number of anilines is 2. The Morgan fingerprint density at radius 3 is 2.51 bits per heavy atom. The lowest BCUT2D eigenvalue weighted by molar-refractivity contribution is -0.112. The maximum Gasteiger partial charge on any atom is 0.273 e. The van der Waals surface area contributed by atoms with Gasteiger partial charge in [-0.3, -0.25) is 19.8 Å². The van der Waals surface area contributed by atoms with Crippen molar-refractivity contribution in [3.05, 3.63) is 108 Å². The van der Waals surface area contributed by atoms with E-state index >= 15 is 0 Å². The van der Waals surface area contributed by atoms with Crippen molar-refractivity contribution in [2.45, 2.75) is 20.4 Å². The highest BCUT2D eigenvalue weighted by Gasteiger charge is 2.32. The molecule has 0 spiro atoms. The Labute approximate surface area is 227 Å². The third kappa shape index (κ3) is 6.70. The third-order valence-electron chi connectivity index (χ3n) is 6.44. The molecule has 5 N–H and O–H groups in total. The minimum Gasteiger partial charge on any atom is -0.384 e. The number of carbonyl (C=O) groups is 3. The Morgan fingerprint density at radius 1 is 1.08 bits per heavy atom. The van der Waals surface area contributed by atoms with Gasteiger partial charge in [-0.05, 0) is 60.5 Å². The first kappa shape index (κ1) is 27.1. The highest BCUT2D eigenvalue weighted by atomic mass is 16.2. The molecular formula is C30H32N6O3. The average Bonchev–Trinajstić information content (AvgIpc) is 3.46. The molecule has 200 valence electrons. The van der Waals surface area contributed by atoms with Gasteiger partial charge in [-0.15, -0.1) is 0 Å². The zero-order valence-corrected chi connectivity index (χ0v) is 22.0. The van der Waals surface area contributed by atoms with Crippen LogP contribution in [0.15, 0.2) is 90.8 Å². The summed E-state index contributed by atoms with van der Waals surface area (Å²) < 4.78 is 0. The molecular weight excluding hydrogens is 492 g/mol. The Balaban J connectivity index is 1.60. The van der Waals surface area contributed by atoms with Gasteiger partial charge in [0.15, 0.2) is 0 Å². The molecule has 0 fully saturated rings. The topological polar surface area (TPSA) is 130 Å². The number of benzene rings is 2. The monoisotopic (exact) mass is 524 g/mol. The standard InChI is InChI=1S/C30H32N6O3/c1-4-26(37)34-23-11-6-9-21(15-23)16-33-28-20(3)17-36(30(39)25-12-7-13-32-25)18-24(28)27(31)29(38)35-22-10-5-8-19(2)14-22/h4-15,20,31-33H,1,16-18H2,2-3H3,(H,34,37)(H,35,38). The molecule has 0 saturated heterocycles. The van der Waals surface area contributed by atoms with Crippen molar-refractivity contribution < 1.29 is 14.4 Å². The summed E-state index contributed by atoms with van der Waals surface area (Å²) in [6.07, 6.45) is 2.90. The molecule has 2 heterocycles. The zero-order chi connectivity index (χ0) is 27.9. The minimum atomic E-state index is -0.551. The van der Waals surface area contributed by atoms with Gasteiger partial charge in [-0.2, -0.15) is 0 Å². The van der Waals surface area contributed by atoms with E-state index in [4.69, 9.17) is 5.41 Å². The van der Waals surface area contributed by atoms with Gasteiger partial charge < -0.3 is 25.8 Å². The molecule has 39 heavy (non-hydrogen) atoms. The van der Waals surface area contributed by atoms with Gasteiger partial charge in [0.25, 0.3) is 11.8 Å². The predicted octanol–water partition coefficient (Wildman–Crippen LogP) is 4.24. The number of aromatic amines is 1. The number of amides is 3. The molecule has 0 aliphatic carbocycles. The van der Waals surface area contributed by atoms with Crippen molar-refractivity contribution in [1.82, 2.24) is 15.2 Å². The summed E-state index contributed by atoms with van der Waals surface area (Å²) >= 11 is 0. The summed E-state index contributed by atoms with van der Waals surface area (Å²) in [6, 6.07) is 18.2. The SMILES string of the molecule is C=CC(=O)Nc1cccc(CNC2=C(C(=N)C(=O)Nc3cccc(C)c3)CN(C(=O)c3ccc[nH]3)CC2C)c1. The predicted molar refractivity (Wildman–Crippen MR) is 153 cm³/mol. The summed E-state index contributed by atoms with van der Waals surface area (Å²) in [6.45, 7) is 8.30. The molecule has 1 aromatic heterocycles. The van der Waals surface area contributed by atoms with Crippen molar-refractivity contribution in [2.75, 3.05) is 23.7 Å². The number of H-pyrrole nitrogens is 1. The lowest BCUT2D eigenvalue weighted by Gasteiger charge is -2.35. The fourth-order valence-corrected chi connectivity index (χ4v) is 4.55. The van der Waals surface area contributed by atoms with Crippen LogP contribution >= 0.6 is 0 Å². The number of rotatable bonds is 9. The van der Waals surface area contributed by atoms with Crippen LogP contribution in [0.2, 0.25) is 0 Å². The van der Waals surface area contributed by atoms with Crippen LogP contribution in [0.5, 0.6) is 0 Å². The minimum absolute atomic E-state index is 0.111. The van der Waals surface area contributed by atoms with Gasteiger partial charge in [0, 0.05) is 47.8 Å². The largest absolute Gasteiger partial charge is 0.384 e. The molecule has 0 bridgehead atoms. The van der Waals surface area contributed by atoms with Crippen LogP contribution in [0, 0.1) is 18.3 Å². The van der Waals surface area contributed by atoms with Crippen LogP contribution in [0.4, 0.5) is 11.4 Å². The average molecular weight is 525 g/mol. The molecule has 0 radical (unpaired) electrons. The number of nitrogens with one attached hydrogen (secondary N) is 5. The molecule has 9 nitrogen and oxygen atoms in total. The first-order chi connectivity index (χ1) is 18.7. The summed E-state index contributed by atoms with van der Waals surface area (Å²) in [5, 5.41) is 17.8. The van der Waals surface area contributed by atoms with Gasteiger partial charge in [0.05, 0.1) is 6.54 Å². The molecule has 1 aliphatic rings. The number of aromatic nitrogens is 1. The molecule has 1 aliphatic heterocycles. The van der Waals surface area contributed by atoms with Crippen molar-refractivity contribution in [3.63, 3.8) is 0 Å². The van der Waals surface area contributed by atoms with Crippen LogP contribution in [0.3, 0.4) is 0 Å². The number of carbonyl (C=O) groups excluding carboxylic acids is 3. The van der Waals surface area contributed by atoms with E-state index in [0.29, 0.717) is 35.7 Å². The highest BCUT2D eigenvalue weighted by molar-refractivity contribution is 6.48. The van der Waals surface area contributed by atoms with E-state index in [9.17, 15) is 14.4 Å². The van der Waals surface area contributed by atoms with E-state index in [1.165, 1.54) is 6.08 Å². The Kier molecular flexibility index (Phi) is 8.40. The first-order valence-corrected chi connectivity index (χ1v) is 12.6. The fourth-order valence-electron chi connectivity index (χ4n) is 4.55. The van der Waals surface area contributed by atoms with Crippen molar-refractivity contribution >= 4 is 34.8 Å². The van der Waals surface area contributed by atoms with Gasteiger partial charge in [-0.1, -0.05) is 37.8 Å². The van der Waals surface area contributed by atoms with E-state index in [-0.39, 0.29) is 30.0 Å². The second-order valence-corrected chi connectivity index (χ2v) is 9.51. The van der Waals surface area contributed by atoms with E-state index < -0.39 is 5.91 Å². The van der Waals surface area contributed by atoms with Crippen LogP contribution < -0.4 is 16.0 Å². The van der Waals surface area contributed by atoms with Gasteiger partial charge >= 0.3 is 0 Å². The lowest BCUT2D eigenvalue weighted by atomic mass is 9.92. The molecule has 1 atom stereocenters. The maximum atomic E-state index is 13.2. The molecule has 3 aromatic rings. The summed E-state index contributed by atoms with van der Waals surface area (Å²) in [5.41, 5.74) is 4.55. The summed E-state index contributed by atoms with van der Waals surface area (Å²) in [4.78, 5) is 42.6. The molecule has 2 aromatic carbocycles.